The minimum Gasteiger partial charge on any atom is -0.178 e. The quantitative estimate of drug-likeness (QED) is 0.523. The Hall–Kier alpha value is -1.44. The van der Waals surface area contributed by atoms with Gasteiger partial charge in [0.05, 0.1) is 0 Å². The molecule has 0 saturated carbocycles. The molecule has 11 heavy (non-hydrogen) atoms. The van der Waals surface area contributed by atoms with Crippen LogP contribution in [0.25, 0.3) is 0 Å². The monoisotopic (exact) mass is 160 g/mol. The summed E-state index contributed by atoms with van der Waals surface area (Å²) in [5.41, 5.74) is -0.0256. The van der Waals surface area contributed by atoms with Gasteiger partial charge in [-0.15, -0.1) is 19.6 Å². The van der Waals surface area contributed by atoms with Gasteiger partial charge < -0.3 is 0 Å². The van der Waals surface area contributed by atoms with Gasteiger partial charge in [-0.3, -0.25) is 0 Å². The van der Waals surface area contributed by atoms with Gasteiger partial charge in [0.15, 0.2) is 0 Å². The number of aromatic nitrogens is 2. The fourth-order valence-corrected chi connectivity index (χ4v) is 0.542. The molecule has 5 heteroatoms. The minimum absolute atomic E-state index is 0.0256. The van der Waals surface area contributed by atoms with Gasteiger partial charge in [-0.25, -0.2) is 0 Å². The number of nitrogens with zero attached hydrogens (tertiary/aromatic N) is 2. The van der Waals surface area contributed by atoms with E-state index >= 15 is 0 Å². The van der Waals surface area contributed by atoms with E-state index in [0.29, 0.717) is 0 Å². The standard InChI is InChI=1S/C6H3F3N2/c1-2-5-3-4-11(10-5)6(7,8)9/h1,3-4H. The lowest BCUT2D eigenvalue weighted by Crippen LogP contribution is -2.17. The average molecular weight is 160 g/mol. The molecule has 0 radical (unpaired) electrons. The first-order valence-electron chi connectivity index (χ1n) is 2.63. The zero-order chi connectivity index (χ0) is 8.48. The van der Waals surface area contributed by atoms with Crippen LogP contribution in [0.4, 0.5) is 13.2 Å². The molecule has 0 aliphatic carbocycles. The van der Waals surface area contributed by atoms with Gasteiger partial charge in [0.1, 0.15) is 5.69 Å². The number of alkyl halides is 3. The summed E-state index contributed by atoms with van der Waals surface area (Å²) in [5.74, 6) is 1.99. The van der Waals surface area contributed by atoms with E-state index in [1.807, 2.05) is 5.92 Å². The van der Waals surface area contributed by atoms with E-state index in [9.17, 15) is 13.2 Å². The third-order valence-electron chi connectivity index (χ3n) is 0.997. The Kier molecular flexibility index (Phi) is 1.61. The van der Waals surface area contributed by atoms with Crippen molar-refractivity contribution in [3.05, 3.63) is 18.0 Å². The topological polar surface area (TPSA) is 17.8 Å². The molecule has 0 aliphatic rings. The molecule has 0 atom stereocenters. The van der Waals surface area contributed by atoms with E-state index in [-0.39, 0.29) is 10.4 Å². The van der Waals surface area contributed by atoms with Gasteiger partial charge >= 0.3 is 6.30 Å². The van der Waals surface area contributed by atoms with Gasteiger partial charge in [0, 0.05) is 6.20 Å². The van der Waals surface area contributed by atoms with Crippen LogP contribution in [-0.4, -0.2) is 9.78 Å². The molecule has 58 valence electrons. The van der Waals surface area contributed by atoms with Crippen LogP contribution in [0.1, 0.15) is 5.69 Å². The lowest BCUT2D eigenvalue weighted by molar-refractivity contribution is -0.212. The molecule has 0 fully saturated rings. The molecule has 0 aliphatic heterocycles. The highest BCUT2D eigenvalue weighted by Crippen LogP contribution is 2.20. The van der Waals surface area contributed by atoms with Crippen LogP contribution in [0.15, 0.2) is 12.3 Å². The Labute approximate surface area is 60.6 Å². The Morgan fingerprint density at radius 1 is 1.55 bits per heavy atom. The summed E-state index contributed by atoms with van der Waals surface area (Å²) in [6, 6.07) is 1.12. The van der Waals surface area contributed by atoms with E-state index < -0.39 is 6.30 Å². The van der Waals surface area contributed by atoms with Crippen molar-refractivity contribution >= 4 is 0 Å². The molecule has 2 nitrogen and oxygen atoms in total. The van der Waals surface area contributed by atoms with Crippen LogP contribution in [0, 0.1) is 12.3 Å². The summed E-state index contributed by atoms with van der Waals surface area (Å²) in [7, 11) is 0. The maximum absolute atomic E-state index is 11.8. The van der Waals surface area contributed by atoms with Crippen LogP contribution < -0.4 is 0 Å². The van der Waals surface area contributed by atoms with Gasteiger partial charge in [-0.1, -0.05) is 0 Å². The first-order chi connectivity index (χ1) is 5.04. The van der Waals surface area contributed by atoms with Crippen LogP contribution in [0.3, 0.4) is 0 Å². The first-order valence-corrected chi connectivity index (χ1v) is 2.63. The third-order valence-corrected chi connectivity index (χ3v) is 0.997. The Morgan fingerprint density at radius 2 is 2.18 bits per heavy atom. The molecule has 1 aromatic heterocycles. The van der Waals surface area contributed by atoms with Crippen LogP contribution in [0.2, 0.25) is 0 Å². The molecule has 0 saturated heterocycles. The van der Waals surface area contributed by atoms with Crippen molar-refractivity contribution in [3.63, 3.8) is 0 Å². The van der Waals surface area contributed by atoms with Crippen molar-refractivity contribution in [1.29, 1.82) is 0 Å². The minimum atomic E-state index is -4.48. The molecule has 0 amide bonds. The lowest BCUT2D eigenvalue weighted by atomic mass is 10.5. The molecule has 1 aromatic rings. The molecule has 0 bridgehead atoms. The SMILES string of the molecule is C#Cc1ccn(C(F)(F)F)n1. The van der Waals surface area contributed by atoms with E-state index in [1.54, 1.807) is 0 Å². The van der Waals surface area contributed by atoms with Crippen molar-refractivity contribution in [3.8, 4) is 12.3 Å². The predicted molar refractivity (Wildman–Crippen MR) is 31.5 cm³/mol. The summed E-state index contributed by atoms with van der Waals surface area (Å²) in [5, 5.41) is 3.06. The first kappa shape index (κ1) is 7.66. The second kappa shape index (κ2) is 2.31. The normalized spacial score (nSPS) is 11.1. The molecule has 1 heterocycles. The summed E-state index contributed by atoms with van der Waals surface area (Å²) < 4.78 is 35.2. The summed E-state index contributed by atoms with van der Waals surface area (Å²) in [4.78, 5) is 0. The van der Waals surface area contributed by atoms with Gasteiger partial charge in [0.25, 0.3) is 0 Å². The van der Waals surface area contributed by atoms with E-state index in [2.05, 4.69) is 5.10 Å². The molecule has 0 unspecified atom stereocenters. The maximum Gasteiger partial charge on any atom is 0.504 e. The zero-order valence-corrected chi connectivity index (χ0v) is 5.26. The van der Waals surface area contributed by atoms with Crippen LogP contribution >= 0.6 is 0 Å². The number of hydrogen-bond acceptors (Lipinski definition) is 1. The van der Waals surface area contributed by atoms with E-state index in [0.717, 1.165) is 12.3 Å². The maximum atomic E-state index is 11.8. The number of halogens is 3. The molecule has 0 aromatic carbocycles. The second-order valence-electron chi connectivity index (χ2n) is 1.76. The molecule has 0 spiro atoms. The smallest absolute Gasteiger partial charge is 0.178 e. The Bertz CT molecular complexity index is 292. The van der Waals surface area contributed by atoms with Gasteiger partial charge in [0.2, 0.25) is 0 Å². The van der Waals surface area contributed by atoms with Crippen LogP contribution in [0.5, 0.6) is 0 Å². The summed E-state index contributed by atoms with van der Waals surface area (Å²) in [6.07, 6.45) is 1.11. The van der Waals surface area contributed by atoms with E-state index in [4.69, 9.17) is 6.42 Å². The highest BCUT2D eigenvalue weighted by molar-refractivity contribution is 5.21. The van der Waals surface area contributed by atoms with E-state index in [1.165, 1.54) is 0 Å². The van der Waals surface area contributed by atoms with Crippen LogP contribution in [-0.2, 0) is 6.30 Å². The van der Waals surface area contributed by atoms with Gasteiger partial charge in [-0.05, 0) is 12.0 Å². The lowest BCUT2D eigenvalue weighted by Gasteiger charge is -2.03. The van der Waals surface area contributed by atoms with Crippen molar-refractivity contribution < 1.29 is 13.2 Å². The Balaban J connectivity index is 3.01. The van der Waals surface area contributed by atoms with Crippen molar-refractivity contribution in [2.24, 2.45) is 0 Å². The van der Waals surface area contributed by atoms with Crippen molar-refractivity contribution in [1.82, 2.24) is 9.78 Å². The zero-order valence-electron chi connectivity index (χ0n) is 5.26. The molecule has 1 rings (SSSR count). The largest absolute Gasteiger partial charge is 0.504 e. The molecular formula is C6H3F3N2. The highest BCUT2D eigenvalue weighted by atomic mass is 19.4. The molecule has 0 N–H and O–H groups in total. The number of hydrogen-bond donors (Lipinski definition) is 0. The van der Waals surface area contributed by atoms with Crippen molar-refractivity contribution in [2.75, 3.05) is 0 Å². The highest BCUT2D eigenvalue weighted by Gasteiger charge is 2.31. The van der Waals surface area contributed by atoms with Crippen molar-refractivity contribution in [2.45, 2.75) is 6.30 Å². The summed E-state index contributed by atoms with van der Waals surface area (Å²) >= 11 is 0. The number of terminal acetylenes is 1. The van der Waals surface area contributed by atoms with Gasteiger partial charge in [-0.2, -0.15) is 9.78 Å². The number of rotatable bonds is 0. The summed E-state index contributed by atoms with van der Waals surface area (Å²) in [6.45, 7) is 0. The molecular weight excluding hydrogens is 157 g/mol. The second-order valence-corrected chi connectivity index (χ2v) is 1.76. The predicted octanol–water partition coefficient (Wildman–Crippen LogP) is 1.34. The fourth-order valence-electron chi connectivity index (χ4n) is 0.542. The fraction of sp³-hybridized carbons (Fsp3) is 0.167. The Morgan fingerprint density at radius 3 is 2.45 bits per heavy atom. The third kappa shape index (κ3) is 1.52. The average Bonchev–Trinajstić information content (AvgIpc) is 2.32.